The predicted molar refractivity (Wildman–Crippen MR) is 98.6 cm³/mol. The second kappa shape index (κ2) is 9.25. The molecule has 0 unspecified atom stereocenters. The van der Waals surface area contributed by atoms with Crippen LogP contribution in [0.25, 0.3) is 0 Å². The highest BCUT2D eigenvalue weighted by atomic mass is 16.5. The molecule has 6 heteroatoms. The number of carbonyl (C=O) groups is 1. The number of carbonyl (C=O) groups excluding carboxylic acids is 1. The molecule has 0 aliphatic rings. The number of hydrogen-bond donors (Lipinski definition) is 3. The fourth-order valence-electron chi connectivity index (χ4n) is 2.55. The van der Waals surface area contributed by atoms with Gasteiger partial charge in [-0.2, -0.15) is 0 Å². The third kappa shape index (κ3) is 5.92. The molecule has 2 atom stereocenters. The molecular formula is C19H27N3O3. The van der Waals surface area contributed by atoms with Gasteiger partial charge in [-0.3, -0.25) is 5.32 Å². The first-order valence-corrected chi connectivity index (χ1v) is 8.45. The van der Waals surface area contributed by atoms with Crippen molar-refractivity contribution >= 4 is 11.7 Å². The molecule has 1 heterocycles. The van der Waals surface area contributed by atoms with Crippen molar-refractivity contribution in [2.45, 2.75) is 38.9 Å². The number of benzene rings is 1. The van der Waals surface area contributed by atoms with E-state index >= 15 is 0 Å². The van der Waals surface area contributed by atoms with Gasteiger partial charge in [0.25, 0.3) is 0 Å². The molecule has 2 amide bonds. The number of ether oxygens (including phenoxy) is 1. The molecule has 2 rings (SSSR count). The first-order valence-electron chi connectivity index (χ1n) is 8.45. The Morgan fingerprint density at radius 1 is 1.16 bits per heavy atom. The quantitative estimate of drug-likeness (QED) is 0.679. The van der Waals surface area contributed by atoms with Crippen LogP contribution in [0.4, 0.5) is 10.5 Å². The fraction of sp³-hybridized carbons (Fsp3) is 0.421. The topological polar surface area (TPSA) is 75.5 Å². The van der Waals surface area contributed by atoms with E-state index in [1.165, 1.54) is 0 Å². The van der Waals surface area contributed by atoms with Gasteiger partial charge in [0, 0.05) is 24.9 Å². The normalized spacial score (nSPS) is 13.5. The third-order valence-electron chi connectivity index (χ3n) is 3.76. The highest BCUT2D eigenvalue weighted by Gasteiger charge is 2.17. The molecule has 136 valence electrons. The van der Waals surface area contributed by atoms with Crippen molar-refractivity contribution in [3.8, 4) is 0 Å². The van der Waals surface area contributed by atoms with Gasteiger partial charge in [0.15, 0.2) is 0 Å². The minimum atomic E-state index is -0.202. The van der Waals surface area contributed by atoms with Crippen LogP contribution in [-0.4, -0.2) is 25.8 Å². The van der Waals surface area contributed by atoms with Crippen LogP contribution in [0.15, 0.2) is 47.1 Å². The van der Waals surface area contributed by atoms with E-state index in [1.807, 2.05) is 50.2 Å². The van der Waals surface area contributed by atoms with Gasteiger partial charge in [-0.1, -0.05) is 12.1 Å². The van der Waals surface area contributed by atoms with Crippen LogP contribution >= 0.6 is 0 Å². The maximum absolute atomic E-state index is 11.7. The Hall–Kier alpha value is -2.31. The Balaban J connectivity index is 1.97. The van der Waals surface area contributed by atoms with Crippen molar-refractivity contribution in [1.29, 1.82) is 0 Å². The SMILES string of the molecule is COC[C@H](N[C@@H](C)c1ccc(NC(=O)NC(C)C)cc1)c1ccco1. The standard InChI is InChI=1S/C19H27N3O3/c1-13(2)20-19(23)22-16-9-7-15(8-10-16)14(3)21-17(12-24-4)18-6-5-11-25-18/h5-11,13-14,17,21H,12H2,1-4H3,(H2,20,22,23)/t14-,17-/m0/s1. The summed E-state index contributed by atoms with van der Waals surface area (Å²) in [6.07, 6.45) is 1.66. The summed E-state index contributed by atoms with van der Waals surface area (Å²) in [5.41, 5.74) is 1.87. The number of hydrogen-bond acceptors (Lipinski definition) is 4. The number of amides is 2. The van der Waals surface area contributed by atoms with Gasteiger partial charge in [-0.25, -0.2) is 4.79 Å². The van der Waals surface area contributed by atoms with Crippen LogP contribution in [0.1, 0.15) is 44.2 Å². The highest BCUT2D eigenvalue weighted by molar-refractivity contribution is 5.89. The lowest BCUT2D eigenvalue weighted by atomic mass is 10.1. The molecule has 3 N–H and O–H groups in total. The van der Waals surface area contributed by atoms with Crippen LogP contribution in [0.5, 0.6) is 0 Å². The second-order valence-corrected chi connectivity index (χ2v) is 6.29. The van der Waals surface area contributed by atoms with Gasteiger partial charge < -0.3 is 19.8 Å². The molecule has 0 radical (unpaired) electrons. The van der Waals surface area contributed by atoms with Crippen LogP contribution < -0.4 is 16.0 Å². The lowest BCUT2D eigenvalue weighted by molar-refractivity contribution is 0.152. The summed E-state index contributed by atoms with van der Waals surface area (Å²) in [5.74, 6) is 0.845. The van der Waals surface area contributed by atoms with Crippen LogP contribution in [0.2, 0.25) is 0 Å². The fourth-order valence-corrected chi connectivity index (χ4v) is 2.55. The molecule has 2 aromatic rings. The van der Waals surface area contributed by atoms with E-state index in [1.54, 1.807) is 13.4 Å². The van der Waals surface area contributed by atoms with E-state index in [2.05, 4.69) is 22.9 Å². The molecule has 1 aromatic carbocycles. The zero-order valence-electron chi connectivity index (χ0n) is 15.2. The molecule has 1 aromatic heterocycles. The summed E-state index contributed by atoms with van der Waals surface area (Å²) in [4.78, 5) is 11.7. The molecular weight excluding hydrogens is 318 g/mol. The van der Waals surface area contributed by atoms with Crippen molar-refractivity contribution in [2.24, 2.45) is 0 Å². The minimum absolute atomic E-state index is 0.0235. The number of rotatable bonds is 8. The molecule has 0 aliphatic carbocycles. The van der Waals surface area contributed by atoms with Crippen molar-refractivity contribution in [3.63, 3.8) is 0 Å². The number of methoxy groups -OCH3 is 1. The van der Waals surface area contributed by atoms with E-state index in [0.717, 1.165) is 17.0 Å². The van der Waals surface area contributed by atoms with Crippen molar-refractivity contribution in [2.75, 3.05) is 19.0 Å². The first-order chi connectivity index (χ1) is 12.0. The Bertz CT molecular complexity index is 638. The first kappa shape index (κ1) is 19.0. The number of urea groups is 1. The van der Waals surface area contributed by atoms with E-state index in [0.29, 0.717) is 6.61 Å². The maximum atomic E-state index is 11.7. The lowest BCUT2D eigenvalue weighted by Crippen LogP contribution is -2.34. The van der Waals surface area contributed by atoms with E-state index < -0.39 is 0 Å². The number of furan rings is 1. The number of nitrogens with one attached hydrogen (secondary N) is 3. The monoisotopic (exact) mass is 345 g/mol. The highest BCUT2D eigenvalue weighted by Crippen LogP contribution is 2.21. The van der Waals surface area contributed by atoms with Crippen LogP contribution in [0.3, 0.4) is 0 Å². The zero-order chi connectivity index (χ0) is 18.2. The molecule has 25 heavy (non-hydrogen) atoms. The average Bonchev–Trinajstić information content (AvgIpc) is 3.08. The Morgan fingerprint density at radius 3 is 2.44 bits per heavy atom. The van der Waals surface area contributed by atoms with Crippen LogP contribution in [-0.2, 0) is 4.74 Å². The Morgan fingerprint density at radius 2 is 1.88 bits per heavy atom. The summed E-state index contributed by atoms with van der Waals surface area (Å²) in [5, 5.41) is 9.12. The Labute approximate surface area is 148 Å². The molecule has 0 fully saturated rings. The summed E-state index contributed by atoms with van der Waals surface area (Å²) < 4.78 is 10.8. The van der Waals surface area contributed by atoms with E-state index in [-0.39, 0.29) is 24.2 Å². The van der Waals surface area contributed by atoms with E-state index in [4.69, 9.17) is 9.15 Å². The second-order valence-electron chi connectivity index (χ2n) is 6.29. The van der Waals surface area contributed by atoms with Crippen LogP contribution in [0, 0.1) is 0 Å². The van der Waals surface area contributed by atoms with Crippen molar-refractivity contribution in [3.05, 3.63) is 54.0 Å². The molecule has 0 saturated heterocycles. The average molecular weight is 345 g/mol. The largest absolute Gasteiger partial charge is 0.468 e. The molecule has 6 nitrogen and oxygen atoms in total. The summed E-state index contributed by atoms with van der Waals surface area (Å²) in [6.45, 7) is 6.45. The lowest BCUT2D eigenvalue weighted by Gasteiger charge is -2.22. The predicted octanol–water partition coefficient (Wildman–Crippen LogP) is 3.85. The molecule has 0 aliphatic heterocycles. The third-order valence-corrected chi connectivity index (χ3v) is 3.76. The summed E-state index contributed by atoms with van der Waals surface area (Å²) in [7, 11) is 1.67. The van der Waals surface area contributed by atoms with Gasteiger partial charge in [-0.15, -0.1) is 0 Å². The molecule has 0 spiro atoms. The van der Waals surface area contributed by atoms with Gasteiger partial charge in [0.2, 0.25) is 0 Å². The summed E-state index contributed by atoms with van der Waals surface area (Å²) >= 11 is 0. The van der Waals surface area contributed by atoms with Gasteiger partial charge >= 0.3 is 6.03 Å². The minimum Gasteiger partial charge on any atom is -0.468 e. The molecule has 0 saturated carbocycles. The zero-order valence-corrected chi connectivity index (χ0v) is 15.2. The number of anilines is 1. The molecule has 0 bridgehead atoms. The van der Waals surface area contributed by atoms with Gasteiger partial charge in [0.1, 0.15) is 5.76 Å². The van der Waals surface area contributed by atoms with Crippen molar-refractivity contribution in [1.82, 2.24) is 10.6 Å². The Kier molecular flexibility index (Phi) is 7.03. The van der Waals surface area contributed by atoms with Crippen molar-refractivity contribution < 1.29 is 13.9 Å². The van der Waals surface area contributed by atoms with E-state index in [9.17, 15) is 4.79 Å². The van der Waals surface area contributed by atoms with Gasteiger partial charge in [-0.05, 0) is 50.6 Å². The summed E-state index contributed by atoms with van der Waals surface area (Å²) in [6, 6.07) is 11.6. The maximum Gasteiger partial charge on any atom is 0.319 e. The smallest absolute Gasteiger partial charge is 0.319 e. The van der Waals surface area contributed by atoms with Gasteiger partial charge in [0.05, 0.1) is 18.9 Å².